The number of pyridine rings is 2. The highest BCUT2D eigenvalue weighted by atomic mass is 16.3. The Kier molecular flexibility index (Phi) is 13.9. The van der Waals surface area contributed by atoms with Gasteiger partial charge in [-0.05, 0) is 138 Å². The first-order valence-corrected chi connectivity index (χ1v) is 33.1. The smallest absolute Gasteiger partial charge is 0.182 e. The summed E-state index contributed by atoms with van der Waals surface area (Å²) in [5, 5.41) is 8.71. The van der Waals surface area contributed by atoms with Gasteiger partial charge in [-0.25, -0.2) is 29.9 Å². The highest BCUT2D eigenvalue weighted by molar-refractivity contribution is 6.25. The van der Waals surface area contributed by atoms with E-state index in [9.17, 15) is 0 Å². The van der Waals surface area contributed by atoms with Crippen LogP contribution < -0.4 is 0 Å². The quantitative estimate of drug-likeness (QED) is 0.130. The van der Waals surface area contributed by atoms with Crippen LogP contribution in [0.3, 0.4) is 0 Å². The van der Waals surface area contributed by atoms with Gasteiger partial charge >= 0.3 is 0 Å². The third kappa shape index (κ3) is 10.1. The zero-order valence-corrected chi connectivity index (χ0v) is 53.5. The molecule has 0 N–H and O–H groups in total. The summed E-state index contributed by atoms with van der Waals surface area (Å²) in [7, 11) is 0. The van der Waals surface area contributed by atoms with Crippen molar-refractivity contribution in [2.45, 2.75) is 0 Å². The fraction of sp³-hybridized carbons (Fsp3) is 0. The molecule has 12 heteroatoms. The van der Waals surface area contributed by atoms with E-state index in [-0.39, 0.29) is 0 Å². The Morgan fingerprint density at radius 2 is 0.640 bits per heavy atom. The molecule has 100 heavy (non-hydrogen) atoms. The topological polar surface area (TPSA) is 139 Å². The molecule has 468 valence electrons. The molecule has 0 fully saturated rings. The van der Waals surface area contributed by atoms with Crippen LogP contribution in [0, 0.1) is 0 Å². The lowest BCUT2D eigenvalue weighted by atomic mass is 10.0. The van der Waals surface area contributed by atoms with E-state index in [0.29, 0.717) is 40.6 Å². The van der Waals surface area contributed by atoms with Crippen molar-refractivity contribution < 1.29 is 8.83 Å². The van der Waals surface area contributed by atoms with Crippen LogP contribution >= 0.6 is 0 Å². The lowest BCUT2D eigenvalue weighted by molar-refractivity contribution is 0.672. The van der Waals surface area contributed by atoms with Gasteiger partial charge in [0.1, 0.15) is 28.0 Å². The largest absolute Gasteiger partial charge is 0.455 e. The van der Waals surface area contributed by atoms with E-state index < -0.39 is 0 Å². The van der Waals surface area contributed by atoms with Gasteiger partial charge in [0.05, 0.1) is 32.8 Å². The number of fused-ring (bicyclic) bond motifs is 14. The molecule has 0 spiro atoms. The molecule has 12 nitrogen and oxygen atoms in total. The Balaban J connectivity index is 0.000000139. The lowest BCUT2D eigenvalue weighted by Crippen LogP contribution is -2.01. The summed E-state index contributed by atoms with van der Waals surface area (Å²) in [6.07, 6.45) is 5.28. The Morgan fingerprint density at radius 3 is 1.16 bits per heavy atom. The number of nitrogens with zero attached hydrogens (tertiary/aromatic N) is 10. The van der Waals surface area contributed by atoms with Crippen molar-refractivity contribution >= 4 is 87.5 Å². The number of para-hydroxylation sites is 4. The summed E-state index contributed by atoms with van der Waals surface area (Å²) in [6.45, 7) is 0. The van der Waals surface area contributed by atoms with E-state index in [1.807, 2.05) is 103 Å². The van der Waals surface area contributed by atoms with Gasteiger partial charge in [-0.1, -0.05) is 194 Å². The summed E-state index contributed by atoms with van der Waals surface area (Å²) in [5.74, 6) is 3.35. The molecule has 20 aromatic rings. The second-order valence-corrected chi connectivity index (χ2v) is 24.6. The normalized spacial score (nSPS) is 11.6. The molecule has 0 aliphatic rings. The highest BCUT2D eigenvalue weighted by Gasteiger charge is 2.23. The number of benzene rings is 12. The van der Waals surface area contributed by atoms with Crippen LogP contribution in [0.2, 0.25) is 0 Å². The maximum atomic E-state index is 6.78. The molecule has 8 heterocycles. The highest BCUT2D eigenvalue weighted by Crippen LogP contribution is 2.44. The van der Waals surface area contributed by atoms with E-state index in [1.54, 1.807) is 18.6 Å². The molecule has 0 aliphatic heterocycles. The first-order valence-electron chi connectivity index (χ1n) is 33.1. The van der Waals surface area contributed by atoms with Crippen molar-refractivity contribution in [3.05, 3.63) is 328 Å². The number of hydrogen-bond donors (Lipinski definition) is 0. The number of hydrogen-bond acceptors (Lipinski definition) is 10. The second kappa shape index (κ2) is 24.1. The van der Waals surface area contributed by atoms with Gasteiger partial charge in [0.15, 0.2) is 34.9 Å². The number of rotatable bonds is 10. The lowest BCUT2D eigenvalue weighted by Gasteiger charge is -2.09. The van der Waals surface area contributed by atoms with E-state index >= 15 is 0 Å². The number of aromatic nitrogens is 10. The minimum absolute atomic E-state index is 0.510. The molecule has 0 aliphatic carbocycles. The maximum absolute atomic E-state index is 6.78. The molecule has 8 aromatic heterocycles. The molecule has 0 bridgehead atoms. The summed E-state index contributed by atoms with van der Waals surface area (Å²) in [5.41, 5.74) is 19.5. The van der Waals surface area contributed by atoms with Crippen LogP contribution in [-0.4, -0.2) is 49.0 Å². The molecular weight excluding hydrogens is 1230 g/mol. The standard InChI is InChI=1S/2C44H27N5O/c1-3-12-28(13-4-1)29-14-11-15-30(26-29)42-46-43(48-44(47-42)36-19-9-10-25-45-36)31-21-22-33-34-23-24-38-40(41(34)50-39(33)27-31)35-18-7-8-20-37(35)49(38)32-16-5-2-6-17-32;1-3-10-28(11-4-1)29-17-19-30(20-18-29)42-46-43(48-44(47-42)32-12-9-25-45-27-32)31-21-22-34-35-23-24-38-40(41(35)50-39(34)26-31)36-15-7-8-16-37(36)49(38)33-13-5-2-6-14-33/h2*1-27H. The van der Waals surface area contributed by atoms with Crippen LogP contribution in [0.15, 0.2) is 337 Å². The van der Waals surface area contributed by atoms with Crippen LogP contribution in [0.1, 0.15) is 0 Å². The molecule has 0 saturated carbocycles. The third-order valence-electron chi connectivity index (χ3n) is 18.7. The van der Waals surface area contributed by atoms with E-state index in [4.69, 9.17) is 38.7 Å². The van der Waals surface area contributed by atoms with Gasteiger partial charge < -0.3 is 18.0 Å². The van der Waals surface area contributed by atoms with Gasteiger partial charge in [0, 0.05) is 90.1 Å². The van der Waals surface area contributed by atoms with Crippen molar-refractivity contribution in [2.24, 2.45) is 0 Å². The van der Waals surface area contributed by atoms with E-state index in [0.717, 1.165) is 149 Å². The van der Waals surface area contributed by atoms with Crippen LogP contribution in [0.5, 0.6) is 0 Å². The van der Waals surface area contributed by atoms with Crippen molar-refractivity contribution in [1.29, 1.82) is 0 Å². The monoisotopic (exact) mass is 1280 g/mol. The zero-order valence-electron chi connectivity index (χ0n) is 53.5. The zero-order chi connectivity index (χ0) is 66.0. The summed E-state index contributed by atoms with van der Waals surface area (Å²) in [6, 6.07) is 106. The first-order chi connectivity index (χ1) is 49.6. The van der Waals surface area contributed by atoms with Crippen molar-refractivity contribution in [3.63, 3.8) is 0 Å². The fourth-order valence-electron chi connectivity index (χ4n) is 14.0. The van der Waals surface area contributed by atoms with Crippen LogP contribution in [0.25, 0.3) is 190 Å². The SMILES string of the molecule is c1ccc(-c2ccc(-c3nc(-c4cccnc4)nc(-c4ccc5c(c4)oc4c5ccc5c4c4ccccc4n5-c4ccccc4)n3)cc2)cc1.c1ccc(-c2cccc(-c3nc(-c4ccc5c(c4)oc4c5ccc5c4c4ccccc4n5-c4ccccc4)nc(-c4ccccn4)n3)c2)cc1. The Morgan fingerprint density at radius 1 is 0.240 bits per heavy atom. The van der Waals surface area contributed by atoms with Gasteiger partial charge in [0.25, 0.3) is 0 Å². The predicted molar refractivity (Wildman–Crippen MR) is 402 cm³/mol. The van der Waals surface area contributed by atoms with E-state index in [2.05, 4.69) is 225 Å². The minimum atomic E-state index is 0.510. The second-order valence-electron chi connectivity index (χ2n) is 24.6. The maximum Gasteiger partial charge on any atom is 0.182 e. The van der Waals surface area contributed by atoms with Gasteiger partial charge in [-0.15, -0.1) is 0 Å². The molecule has 0 unspecified atom stereocenters. The van der Waals surface area contributed by atoms with Gasteiger partial charge in [-0.2, -0.15) is 0 Å². The summed E-state index contributed by atoms with van der Waals surface area (Å²) in [4.78, 5) is 38.6. The average molecular weight is 1280 g/mol. The van der Waals surface area contributed by atoms with Gasteiger partial charge in [0.2, 0.25) is 0 Å². The Bertz CT molecular complexity index is 6500. The molecule has 0 radical (unpaired) electrons. The first kappa shape index (κ1) is 57.6. The molecule has 0 saturated heterocycles. The summed E-state index contributed by atoms with van der Waals surface area (Å²) < 4.78 is 18.2. The Labute approximate surface area is 572 Å². The van der Waals surface area contributed by atoms with Crippen molar-refractivity contribution in [2.75, 3.05) is 0 Å². The average Bonchev–Trinajstić information content (AvgIpc) is 1.57. The van der Waals surface area contributed by atoms with Crippen molar-refractivity contribution in [3.8, 4) is 102 Å². The fourth-order valence-corrected chi connectivity index (χ4v) is 14.0. The molecule has 12 aromatic carbocycles. The number of furan rings is 2. The molecule has 0 atom stereocenters. The third-order valence-corrected chi connectivity index (χ3v) is 18.7. The Hall–Kier alpha value is -13.8. The molecule has 0 amide bonds. The van der Waals surface area contributed by atoms with E-state index in [1.165, 1.54) is 0 Å². The molecule has 20 rings (SSSR count). The summed E-state index contributed by atoms with van der Waals surface area (Å²) >= 11 is 0. The van der Waals surface area contributed by atoms with Crippen molar-refractivity contribution in [1.82, 2.24) is 49.0 Å². The van der Waals surface area contributed by atoms with Crippen LogP contribution in [0.4, 0.5) is 0 Å². The minimum Gasteiger partial charge on any atom is -0.455 e. The predicted octanol–water partition coefficient (Wildman–Crippen LogP) is 21.9. The van der Waals surface area contributed by atoms with Crippen LogP contribution in [-0.2, 0) is 0 Å². The molecular formula is C88H54N10O2. The van der Waals surface area contributed by atoms with Gasteiger partial charge in [-0.3, -0.25) is 9.97 Å².